The van der Waals surface area contributed by atoms with Crippen LogP contribution in [0.25, 0.3) is 0 Å². The highest BCUT2D eigenvalue weighted by Crippen LogP contribution is 2.16. The summed E-state index contributed by atoms with van der Waals surface area (Å²) in [5, 5.41) is 11.2. The van der Waals surface area contributed by atoms with Crippen molar-refractivity contribution in [3.8, 4) is 5.75 Å². The molecule has 2 aromatic heterocycles. The number of aromatic nitrogens is 4. The number of rotatable bonds is 5. The van der Waals surface area contributed by atoms with Gasteiger partial charge in [-0.2, -0.15) is 10.2 Å². The second kappa shape index (κ2) is 6.88. The number of ether oxygens (including phenoxy) is 1. The quantitative estimate of drug-likeness (QED) is 0.727. The van der Waals surface area contributed by atoms with E-state index >= 15 is 0 Å². The predicted octanol–water partition coefficient (Wildman–Crippen LogP) is 2.98. The van der Waals surface area contributed by atoms with E-state index in [0.717, 1.165) is 15.9 Å². The Morgan fingerprint density at radius 1 is 1.25 bits per heavy atom. The summed E-state index contributed by atoms with van der Waals surface area (Å²) >= 11 is 3.37. The average Bonchev–Trinajstić information content (AvgIpc) is 3.14. The summed E-state index contributed by atoms with van der Waals surface area (Å²) in [7, 11) is 1.80. The average molecular weight is 390 g/mol. The molecule has 0 aliphatic heterocycles. The SMILES string of the molecule is Cc1nn(C)cc1NC(=O)c1ccn(COc2ccc(Br)cc2)n1. The molecule has 8 heteroatoms. The maximum Gasteiger partial charge on any atom is 0.276 e. The van der Waals surface area contributed by atoms with Crippen LogP contribution < -0.4 is 10.1 Å². The van der Waals surface area contributed by atoms with E-state index in [-0.39, 0.29) is 12.6 Å². The van der Waals surface area contributed by atoms with E-state index in [0.29, 0.717) is 11.4 Å². The number of nitrogens with zero attached hydrogens (tertiary/aromatic N) is 4. The molecule has 0 spiro atoms. The maximum atomic E-state index is 12.2. The van der Waals surface area contributed by atoms with Gasteiger partial charge in [-0.25, -0.2) is 4.68 Å². The normalized spacial score (nSPS) is 10.6. The molecule has 1 aromatic carbocycles. The lowest BCUT2D eigenvalue weighted by Gasteiger charge is -2.06. The minimum Gasteiger partial charge on any atom is -0.471 e. The van der Waals surface area contributed by atoms with Gasteiger partial charge in [0.25, 0.3) is 5.91 Å². The Balaban J connectivity index is 1.61. The van der Waals surface area contributed by atoms with Gasteiger partial charge in [0.15, 0.2) is 12.4 Å². The molecule has 24 heavy (non-hydrogen) atoms. The van der Waals surface area contributed by atoms with Gasteiger partial charge in [-0.05, 0) is 37.3 Å². The number of amides is 1. The monoisotopic (exact) mass is 389 g/mol. The van der Waals surface area contributed by atoms with Crippen molar-refractivity contribution < 1.29 is 9.53 Å². The number of carbonyl (C=O) groups is 1. The second-order valence-corrected chi connectivity index (χ2v) is 6.14. The molecule has 1 amide bonds. The molecular weight excluding hydrogens is 374 g/mol. The maximum absolute atomic E-state index is 12.2. The van der Waals surface area contributed by atoms with Crippen LogP contribution >= 0.6 is 15.9 Å². The summed E-state index contributed by atoms with van der Waals surface area (Å²) in [6.07, 6.45) is 3.45. The van der Waals surface area contributed by atoms with Crippen LogP contribution in [0.2, 0.25) is 0 Å². The van der Waals surface area contributed by atoms with Crippen molar-refractivity contribution in [1.82, 2.24) is 19.6 Å². The molecule has 124 valence electrons. The predicted molar refractivity (Wildman–Crippen MR) is 92.9 cm³/mol. The molecule has 3 aromatic rings. The van der Waals surface area contributed by atoms with Gasteiger partial charge in [-0.15, -0.1) is 0 Å². The van der Waals surface area contributed by atoms with Crippen molar-refractivity contribution in [2.24, 2.45) is 7.05 Å². The van der Waals surface area contributed by atoms with Crippen LogP contribution in [0.4, 0.5) is 5.69 Å². The molecule has 0 aliphatic carbocycles. The minimum atomic E-state index is -0.284. The zero-order valence-corrected chi connectivity index (χ0v) is 14.8. The van der Waals surface area contributed by atoms with Crippen LogP contribution in [0.5, 0.6) is 5.75 Å². The smallest absolute Gasteiger partial charge is 0.276 e. The van der Waals surface area contributed by atoms with E-state index in [1.54, 1.807) is 34.9 Å². The molecule has 0 unspecified atom stereocenters. The number of halogens is 1. The largest absolute Gasteiger partial charge is 0.471 e. The number of hydrogen-bond acceptors (Lipinski definition) is 4. The molecule has 0 fully saturated rings. The van der Waals surface area contributed by atoms with Crippen LogP contribution in [0.3, 0.4) is 0 Å². The molecule has 0 saturated carbocycles. The van der Waals surface area contributed by atoms with Crippen LogP contribution in [0.1, 0.15) is 16.2 Å². The summed E-state index contributed by atoms with van der Waals surface area (Å²) < 4.78 is 9.81. The molecule has 2 heterocycles. The Labute approximate surface area is 147 Å². The van der Waals surface area contributed by atoms with Crippen molar-refractivity contribution in [3.05, 3.63) is 58.6 Å². The summed E-state index contributed by atoms with van der Waals surface area (Å²) in [4.78, 5) is 12.2. The fourth-order valence-corrected chi connectivity index (χ4v) is 2.40. The lowest BCUT2D eigenvalue weighted by Crippen LogP contribution is -2.14. The summed E-state index contributed by atoms with van der Waals surface area (Å²) in [5.41, 5.74) is 1.74. The highest BCUT2D eigenvalue weighted by molar-refractivity contribution is 9.10. The first-order valence-corrected chi connectivity index (χ1v) is 8.04. The fraction of sp³-hybridized carbons (Fsp3) is 0.188. The van der Waals surface area contributed by atoms with Gasteiger partial charge < -0.3 is 10.1 Å². The molecule has 3 rings (SSSR count). The van der Waals surface area contributed by atoms with Crippen LogP contribution in [0.15, 0.2) is 47.2 Å². The van der Waals surface area contributed by atoms with Crippen molar-refractivity contribution in [3.63, 3.8) is 0 Å². The van der Waals surface area contributed by atoms with Gasteiger partial charge in [-0.1, -0.05) is 15.9 Å². The molecule has 0 radical (unpaired) electrons. The lowest BCUT2D eigenvalue weighted by atomic mass is 10.3. The van der Waals surface area contributed by atoms with E-state index in [1.165, 1.54) is 0 Å². The Hall–Kier alpha value is -2.61. The Morgan fingerprint density at radius 2 is 2.00 bits per heavy atom. The first-order chi connectivity index (χ1) is 11.5. The number of hydrogen-bond donors (Lipinski definition) is 1. The summed E-state index contributed by atoms with van der Waals surface area (Å²) in [5.74, 6) is 0.444. The minimum absolute atomic E-state index is 0.223. The van der Waals surface area contributed by atoms with E-state index in [9.17, 15) is 4.79 Å². The zero-order chi connectivity index (χ0) is 17.1. The van der Waals surface area contributed by atoms with Gasteiger partial charge in [0.1, 0.15) is 5.75 Å². The topological polar surface area (TPSA) is 74.0 Å². The van der Waals surface area contributed by atoms with E-state index < -0.39 is 0 Å². The summed E-state index contributed by atoms with van der Waals surface area (Å²) in [6, 6.07) is 9.14. The Kier molecular flexibility index (Phi) is 4.66. The third-order valence-electron chi connectivity index (χ3n) is 3.31. The van der Waals surface area contributed by atoms with Crippen LogP contribution in [0, 0.1) is 6.92 Å². The van der Waals surface area contributed by atoms with Crippen molar-refractivity contribution in [2.75, 3.05) is 5.32 Å². The Morgan fingerprint density at radius 3 is 2.67 bits per heavy atom. The van der Waals surface area contributed by atoms with Crippen LogP contribution in [-0.4, -0.2) is 25.5 Å². The number of aryl methyl sites for hydroxylation is 2. The third-order valence-corrected chi connectivity index (χ3v) is 3.84. The number of carbonyl (C=O) groups excluding carboxylic acids is 1. The number of benzene rings is 1. The van der Waals surface area contributed by atoms with Crippen molar-refractivity contribution >= 4 is 27.5 Å². The number of anilines is 1. The van der Waals surface area contributed by atoms with E-state index in [2.05, 4.69) is 31.4 Å². The standard InChI is InChI=1S/C16H16BrN5O2/c1-11-15(9-21(2)19-11)18-16(23)14-7-8-22(20-14)10-24-13-5-3-12(17)4-6-13/h3-9H,10H2,1-2H3,(H,18,23). The molecule has 0 atom stereocenters. The fourth-order valence-electron chi connectivity index (χ4n) is 2.13. The van der Waals surface area contributed by atoms with Crippen LogP contribution in [-0.2, 0) is 13.8 Å². The highest BCUT2D eigenvalue weighted by atomic mass is 79.9. The molecule has 0 saturated heterocycles. The van der Waals surface area contributed by atoms with Crippen molar-refractivity contribution in [2.45, 2.75) is 13.7 Å². The van der Waals surface area contributed by atoms with Gasteiger partial charge in [0.05, 0.1) is 11.4 Å². The molecule has 1 N–H and O–H groups in total. The molecule has 0 aliphatic rings. The number of nitrogens with one attached hydrogen (secondary N) is 1. The van der Waals surface area contributed by atoms with Gasteiger partial charge in [-0.3, -0.25) is 9.48 Å². The lowest BCUT2D eigenvalue weighted by molar-refractivity contribution is 0.102. The second-order valence-electron chi connectivity index (χ2n) is 5.22. The molecule has 7 nitrogen and oxygen atoms in total. The first kappa shape index (κ1) is 16.3. The zero-order valence-electron chi connectivity index (χ0n) is 13.2. The molecular formula is C16H16BrN5O2. The molecule has 0 bridgehead atoms. The van der Waals surface area contributed by atoms with Gasteiger partial charge >= 0.3 is 0 Å². The third kappa shape index (κ3) is 3.83. The first-order valence-electron chi connectivity index (χ1n) is 7.25. The van der Waals surface area contributed by atoms with E-state index in [4.69, 9.17) is 4.74 Å². The highest BCUT2D eigenvalue weighted by Gasteiger charge is 2.12. The Bertz CT molecular complexity index is 854. The summed E-state index contributed by atoms with van der Waals surface area (Å²) in [6.45, 7) is 2.06. The van der Waals surface area contributed by atoms with E-state index in [1.807, 2.05) is 31.2 Å². The van der Waals surface area contributed by atoms with Gasteiger partial charge in [0.2, 0.25) is 0 Å². The van der Waals surface area contributed by atoms with Crippen molar-refractivity contribution in [1.29, 1.82) is 0 Å². The van der Waals surface area contributed by atoms with Gasteiger partial charge in [0, 0.05) is 23.9 Å².